The number of rotatable bonds is 2. The molecule has 2 heterocycles. The molecule has 0 radical (unpaired) electrons. The van der Waals surface area contributed by atoms with Gasteiger partial charge in [0, 0.05) is 31.7 Å². The van der Waals surface area contributed by atoms with Crippen molar-refractivity contribution in [3.63, 3.8) is 0 Å². The number of pyridine rings is 1. The maximum Gasteiger partial charge on any atom is 0.227 e. The second-order valence-corrected chi connectivity index (χ2v) is 4.25. The van der Waals surface area contributed by atoms with Crippen molar-refractivity contribution in [1.82, 2.24) is 4.98 Å². The molecule has 16 heavy (non-hydrogen) atoms. The van der Waals surface area contributed by atoms with Crippen LogP contribution < -0.4 is 10.6 Å². The van der Waals surface area contributed by atoms with Gasteiger partial charge in [0.15, 0.2) is 0 Å². The van der Waals surface area contributed by atoms with Gasteiger partial charge in [0.25, 0.3) is 0 Å². The molecule has 1 saturated heterocycles. The lowest BCUT2D eigenvalue weighted by Crippen LogP contribution is -2.26. The van der Waals surface area contributed by atoms with Gasteiger partial charge < -0.3 is 15.7 Å². The van der Waals surface area contributed by atoms with E-state index in [9.17, 15) is 4.79 Å². The lowest BCUT2D eigenvalue weighted by molar-refractivity contribution is -0.117. The van der Waals surface area contributed by atoms with Crippen LogP contribution in [0.25, 0.3) is 0 Å². The number of aromatic nitrogens is 1. The molecule has 1 aliphatic heterocycles. The third-order valence-corrected chi connectivity index (χ3v) is 2.82. The van der Waals surface area contributed by atoms with Crippen LogP contribution in [0.3, 0.4) is 0 Å². The first kappa shape index (κ1) is 11.2. The summed E-state index contributed by atoms with van der Waals surface area (Å²) in [6.45, 7) is 0.456. The van der Waals surface area contributed by atoms with E-state index in [1.54, 1.807) is 6.07 Å². The van der Waals surface area contributed by atoms with Crippen LogP contribution in [0.2, 0.25) is 5.02 Å². The SMILES string of the molecule is Nc1ncc(Cl)cc1N1CC(CO)CC1=O. The van der Waals surface area contributed by atoms with Crippen molar-refractivity contribution in [2.45, 2.75) is 6.42 Å². The number of halogens is 1. The lowest BCUT2D eigenvalue weighted by Gasteiger charge is -2.17. The highest BCUT2D eigenvalue weighted by atomic mass is 35.5. The second kappa shape index (κ2) is 4.27. The Morgan fingerprint density at radius 3 is 3.06 bits per heavy atom. The van der Waals surface area contributed by atoms with E-state index in [0.717, 1.165) is 0 Å². The molecule has 1 atom stereocenters. The van der Waals surface area contributed by atoms with Crippen LogP contribution in [0.15, 0.2) is 12.3 Å². The van der Waals surface area contributed by atoms with Crippen LogP contribution in [0.4, 0.5) is 11.5 Å². The van der Waals surface area contributed by atoms with Crippen molar-refractivity contribution in [3.8, 4) is 0 Å². The molecule has 6 heteroatoms. The normalized spacial score (nSPS) is 20.5. The summed E-state index contributed by atoms with van der Waals surface area (Å²) in [5.41, 5.74) is 6.21. The number of hydrogen-bond donors (Lipinski definition) is 2. The molecule has 0 spiro atoms. The molecule has 5 nitrogen and oxygen atoms in total. The second-order valence-electron chi connectivity index (χ2n) is 3.81. The number of amides is 1. The molecule has 1 aromatic rings. The molecule has 1 amide bonds. The van der Waals surface area contributed by atoms with Crippen LogP contribution in [0.5, 0.6) is 0 Å². The molecule has 1 aromatic heterocycles. The Morgan fingerprint density at radius 2 is 2.44 bits per heavy atom. The molecule has 3 N–H and O–H groups in total. The Bertz CT molecular complexity index is 425. The van der Waals surface area contributed by atoms with Crippen molar-refractivity contribution in [1.29, 1.82) is 0 Å². The highest BCUT2D eigenvalue weighted by molar-refractivity contribution is 6.30. The molecular formula is C10H12ClN3O2. The maximum absolute atomic E-state index is 11.7. The fraction of sp³-hybridized carbons (Fsp3) is 0.400. The molecule has 1 aliphatic rings. The number of carbonyl (C=O) groups is 1. The summed E-state index contributed by atoms with van der Waals surface area (Å²) in [5, 5.41) is 9.46. The summed E-state index contributed by atoms with van der Waals surface area (Å²) >= 11 is 5.81. The number of hydrogen-bond acceptors (Lipinski definition) is 4. The summed E-state index contributed by atoms with van der Waals surface area (Å²) < 4.78 is 0. The molecular weight excluding hydrogens is 230 g/mol. The molecule has 0 bridgehead atoms. The first-order valence-corrected chi connectivity index (χ1v) is 5.32. The lowest BCUT2D eigenvalue weighted by atomic mass is 10.1. The summed E-state index contributed by atoms with van der Waals surface area (Å²) in [6.07, 6.45) is 1.77. The van der Waals surface area contributed by atoms with Gasteiger partial charge >= 0.3 is 0 Å². The van der Waals surface area contributed by atoms with Gasteiger partial charge in [-0.15, -0.1) is 0 Å². The molecule has 0 saturated carbocycles. The van der Waals surface area contributed by atoms with Crippen LogP contribution >= 0.6 is 11.6 Å². The number of aliphatic hydroxyl groups is 1. The average Bonchev–Trinajstić information content (AvgIpc) is 2.63. The number of carbonyl (C=O) groups excluding carboxylic acids is 1. The van der Waals surface area contributed by atoms with Crippen LogP contribution in [0, 0.1) is 5.92 Å². The fourth-order valence-electron chi connectivity index (χ4n) is 1.79. The Balaban J connectivity index is 2.30. The maximum atomic E-state index is 11.7. The Morgan fingerprint density at radius 1 is 1.69 bits per heavy atom. The zero-order valence-electron chi connectivity index (χ0n) is 8.56. The fourth-order valence-corrected chi connectivity index (χ4v) is 1.94. The predicted molar refractivity (Wildman–Crippen MR) is 61.2 cm³/mol. The smallest absolute Gasteiger partial charge is 0.227 e. The van der Waals surface area contributed by atoms with Crippen LogP contribution in [-0.2, 0) is 4.79 Å². The third kappa shape index (κ3) is 1.96. The number of nitrogens with two attached hydrogens (primary N) is 1. The number of nitrogens with zero attached hydrogens (tertiary/aromatic N) is 2. The van der Waals surface area contributed by atoms with Crippen LogP contribution in [-0.4, -0.2) is 29.1 Å². The first-order valence-electron chi connectivity index (χ1n) is 4.94. The summed E-state index contributed by atoms with van der Waals surface area (Å²) in [6, 6.07) is 1.61. The predicted octanol–water partition coefficient (Wildman–Crippen LogP) is 0.662. The third-order valence-electron chi connectivity index (χ3n) is 2.62. The van der Waals surface area contributed by atoms with E-state index in [1.807, 2.05) is 0 Å². The largest absolute Gasteiger partial charge is 0.396 e. The van der Waals surface area contributed by atoms with E-state index < -0.39 is 0 Å². The van der Waals surface area contributed by atoms with Crippen molar-refractivity contribution in [3.05, 3.63) is 17.3 Å². The summed E-state index contributed by atoms with van der Waals surface area (Å²) in [4.78, 5) is 17.1. The monoisotopic (exact) mass is 241 g/mol. The Kier molecular flexibility index (Phi) is 2.98. The minimum absolute atomic E-state index is 0.00383. The minimum Gasteiger partial charge on any atom is -0.396 e. The van der Waals surface area contributed by atoms with E-state index in [-0.39, 0.29) is 24.2 Å². The molecule has 2 rings (SSSR count). The van der Waals surface area contributed by atoms with Crippen molar-refractivity contribution < 1.29 is 9.90 Å². The van der Waals surface area contributed by atoms with Gasteiger partial charge in [0.05, 0.1) is 10.7 Å². The quantitative estimate of drug-likeness (QED) is 0.797. The highest BCUT2D eigenvalue weighted by Crippen LogP contribution is 2.30. The topological polar surface area (TPSA) is 79.4 Å². The van der Waals surface area contributed by atoms with Gasteiger partial charge in [-0.1, -0.05) is 11.6 Å². The zero-order chi connectivity index (χ0) is 11.7. The van der Waals surface area contributed by atoms with Gasteiger partial charge in [-0.25, -0.2) is 4.98 Å². The van der Waals surface area contributed by atoms with Gasteiger partial charge in [0.2, 0.25) is 5.91 Å². The molecule has 0 aliphatic carbocycles. The van der Waals surface area contributed by atoms with E-state index >= 15 is 0 Å². The standard InChI is InChI=1S/C10H12ClN3O2/c11-7-2-8(10(12)13-3-7)14-4-6(5-15)1-9(14)16/h2-3,6,15H,1,4-5H2,(H2,12,13). The average molecular weight is 242 g/mol. The van der Waals surface area contributed by atoms with E-state index in [4.69, 9.17) is 22.4 Å². The molecule has 0 aromatic carbocycles. The van der Waals surface area contributed by atoms with E-state index in [1.165, 1.54) is 11.1 Å². The minimum atomic E-state index is -0.0604. The first-order chi connectivity index (χ1) is 7.61. The zero-order valence-corrected chi connectivity index (χ0v) is 9.31. The van der Waals surface area contributed by atoms with Crippen molar-refractivity contribution >= 4 is 29.0 Å². The van der Waals surface area contributed by atoms with Gasteiger partial charge in [-0.05, 0) is 6.07 Å². The van der Waals surface area contributed by atoms with Crippen molar-refractivity contribution in [2.75, 3.05) is 23.8 Å². The molecule has 1 unspecified atom stereocenters. The summed E-state index contributed by atoms with van der Waals surface area (Å²) in [7, 11) is 0. The molecule has 1 fully saturated rings. The van der Waals surface area contributed by atoms with Gasteiger partial charge in [0.1, 0.15) is 5.82 Å². The number of anilines is 2. The molecule has 86 valence electrons. The van der Waals surface area contributed by atoms with Crippen LogP contribution in [0.1, 0.15) is 6.42 Å². The highest BCUT2D eigenvalue weighted by Gasteiger charge is 2.31. The van der Waals surface area contributed by atoms with Gasteiger partial charge in [-0.3, -0.25) is 4.79 Å². The Hall–Kier alpha value is -1.33. The van der Waals surface area contributed by atoms with Gasteiger partial charge in [-0.2, -0.15) is 0 Å². The number of aliphatic hydroxyl groups excluding tert-OH is 1. The number of nitrogen functional groups attached to an aromatic ring is 1. The summed E-state index contributed by atoms with van der Waals surface area (Å²) in [5.74, 6) is 0.178. The Labute approximate surface area is 97.8 Å². The van der Waals surface area contributed by atoms with Crippen molar-refractivity contribution in [2.24, 2.45) is 5.92 Å². The van der Waals surface area contributed by atoms with E-state index in [2.05, 4.69) is 4.98 Å². The van der Waals surface area contributed by atoms with E-state index in [0.29, 0.717) is 23.7 Å².